The summed E-state index contributed by atoms with van der Waals surface area (Å²) in [6.07, 6.45) is 4.37. The molecule has 0 aromatic heterocycles. The summed E-state index contributed by atoms with van der Waals surface area (Å²) in [5, 5.41) is 0. The maximum absolute atomic E-state index is 11.1. The molecule has 0 amide bonds. The maximum Gasteiger partial charge on any atom is 0.264 e. The van der Waals surface area contributed by atoms with Gasteiger partial charge in [0.05, 0.1) is 12.4 Å². The molecule has 0 spiro atoms. The third-order valence-electron chi connectivity index (χ3n) is 4.10. The molecule has 82 valence electrons. The van der Waals surface area contributed by atoms with Gasteiger partial charge in [0.2, 0.25) is 0 Å². The van der Waals surface area contributed by atoms with E-state index in [2.05, 4.69) is 13.8 Å². The van der Waals surface area contributed by atoms with Crippen molar-refractivity contribution in [3.05, 3.63) is 0 Å². The van der Waals surface area contributed by atoms with Gasteiger partial charge in [-0.2, -0.15) is 8.42 Å². The van der Waals surface area contributed by atoms with Gasteiger partial charge in [0.25, 0.3) is 10.1 Å². The highest BCUT2D eigenvalue weighted by atomic mass is 32.2. The number of fused-ring (bicyclic) bond motifs is 2. The Bertz CT molecular complexity index is 331. The van der Waals surface area contributed by atoms with Crippen LogP contribution in [0.25, 0.3) is 0 Å². The Labute approximate surface area is 86.0 Å². The normalized spacial score (nSPS) is 40.4. The molecule has 2 saturated carbocycles. The first-order chi connectivity index (χ1) is 6.31. The van der Waals surface area contributed by atoms with Crippen molar-refractivity contribution < 1.29 is 12.6 Å². The molecule has 3 nitrogen and oxygen atoms in total. The van der Waals surface area contributed by atoms with E-state index >= 15 is 0 Å². The molecule has 2 fully saturated rings. The summed E-state index contributed by atoms with van der Waals surface area (Å²) in [6, 6.07) is 0. The van der Waals surface area contributed by atoms with Crippen molar-refractivity contribution in [3.8, 4) is 0 Å². The third kappa shape index (κ3) is 1.58. The van der Waals surface area contributed by atoms with Crippen LogP contribution in [-0.4, -0.2) is 20.8 Å². The molecule has 14 heavy (non-hydrogen) atoms. The minimum Gasteiger partial charge on any atom is -0.267 e. The monoisotopic (exact) mass is 218 g/mol. The molecule has 0 aromatic carbocycles. The fourth-order valence-corrected chi connectivity index (χ4v) is 3.95. The van der Waals surface area contributed by atoms with Crippen molar-refractivity contribution in [2.75, 3.05) is 6.26 Å². The van der Waals surface area contributed by atoms with E-state index in [1.165, 1.54) is 6.42 Å². The first-order valence-corrected chi connectivity index (χ1v) is 7.00. The van der Waals surface area contributed by atoms with Gasteiger partial charge in [-0.25, -0.2) is 0 Å². The Morgan fingerprint density at radius 1 is 1.29 bits per heavy atom. The van der Waals surface area contributed by atoms with Crippen molar-refractivity contribution in [2.24, 2.45) is 17.3 Å². The Morgan fingerprint density at radius 3 is 2.29 bits per heavy atom. The minimum atomic E-state index is -3.28. The predicted octanol–water partition coefficient (Wildman–Crippen LogP) is 1.79. The highest BCUT2D eigenvalue weighted by Gasteiger charge is 2.54. The summed E-state index contributed by atoms with van der Waals surface area (Å²) in [4.78, 5) is 0. The van der Waals surface area contributed by atoms with Gasteiger partial charge in [0.1, 0.15) is 0 Å². The lowest BCUT2D eigenvalue weighted by Gasteiger charge is -2.25. The van der Waals surface area contributed by atoms with Gasteiger partial charge in [-0.1, -0.05) is 13.8 Å². The van der Waals surface area contributed by atoms with Crippen LogP contribution in [-0.2, 0) is 14.3 Å². The second kappa shape index (κ2) is 2.95. The van der Waals surface area contributed by atoms with E-state index in [4.69, 9.17) is 4.18 Å². The van der Waals surface area contributed by atoms with E-state index in [1.54, 1.807) is 0 Å². The largest absolute Gasteiger partial charge is 0.267 e. The Balaban J connectivity index is 2.13. The molecule has 3 atom stereocenters. The van der Waals surface area contributed by atoms with Gasteiger partial charge in [0.15, 0.2) is 0 Å². The van der Waals surface area contributed by atoms with Crippen LogP contribution in [0.3, 0.4) is 0 Å². The van der Waals surface area contributed by atoms with Crippen molar-refractivity contribution in [1.29, 1.82) is 0 Å². The Hall–Kier alpha value is -0.0900. The molecule has 0 radical (unpaired) electrons. The van der Waals surface area contributed by atoms with E-state index in [0.29, 0.717) is 11.8 Å². The lowest BCUT2D eigenvalue weighted by atomic mass is 9.82. The average molecular weight is 218 g/mol. The predicted molar refractivity (Wildman–Crippen MR) is 54.3 cm³/mol. The molecule has 0 heterocycles. The van der Waals surface area contributed by atoms with Crippen molar-refractivity contribution >= 4 is 10.1 Å². The van der Waals surface area contributed by atoms with Crippen LogP contribution in [0.15, 0.2) is 0 Å². The van der Waals surface area contributed by atoms with E-state index in [1.807, 2.05) is 0 Å². The van der Waals surface area contributed by atoms with Gasteiger partial charge in [-0.15, -0.1) is 0 Å². The molecule has 4 heteroatoms. The number of rotatable bonds is 2. The van der Waals surface area contributed by atoms with Gasteiger partial charge in [-0.05, 0) is 36.5 Å². The summed E-state index contributed by atoms with van der Waals surface area (Å²) >= 11 is 0. The second-order valence-electron chi connectivity index (χ2n) is 5.28. The molecule has 0 aliphatic heterocycles. The van der Waals surface area contributed by atoms with Crippen LogP contribution in [0.1, 0.15) is 33.1 Å². The lowest BCUT2D eigenvalue weighted by molar-refractivity contribution is 0.125. The van der Waals surface area contributed by atoms with E-state index in [0.717, 1.165) is 19.1 Å². The second-order valence-corrected chi connectivity index (χ2v) is 6.88. The molecular weight excluding hydrogens is 200 g/mol. The zero-order valence-corrected chi connectivity index (χ0v) is 9.80. The SMILES string of the molecule is CC1(C)C2CCC1C(OS(C)(=O)=O)C2. The van der Waals surface area contributed by atoms with Crippen LogP contribution in [0.2, 0.25) is 0 Å². The maximum atomic E-state index is 11.1. The van der Waals surface area contributed by atoms with E-state index < -0.39 is 10.1 Å². The summed E-state index contributed by atoms with van der Waals surface area (Å²) in [5.41, 5.74) is 0.273. The van der Waals surface area contributed by atoms with Crippen LogP contribution in [0, 0.1) is 17.3 Å². The van der Waals surface area contributed by atoms with Gasteiger partial charge in [0, 0.05) is 0 Å². The molecule has 2 rings (SSSR count). The number of hydrogen-bond donors (Lipinski definition) is 0. The zero-order chi connectivity index (χ0) is 10.6. The highest BCUT2D eigenvalue weighted by Crippen LogP contribution is 2.58. The topological polar surface area (TPSA) is 43.4 Å². The molecule has 2 bridgehead atoms. The zero-order valence-electron chi connectivity index (χ0n) is 8.99. The standard InChI is InChI=1S/C10H18O3S/c1-10(2)7-4-5-8(10)9(6-7)13-14(3,11)12/h7-9H,4-6H2,1-3H3. The molecule has 2 aliphatic carbocycles. The van der Waals surface area contributed by atoms with Crippen molar-refractivity contribution in [3.63, 3.8) is 0 Å². The quantitative estimate of drug-likeness (QED) is 0.664. The van der Waals surface area contributed by atoms with Gasteiger partial charge < -0.3 is 0 Å². The molecular formula is C10H18O3S. The van der Waals surface area contributed by atoms with Crippen molar-refractivity contribution in [1.82, 2.24) is 0 Å². The highest BCUT2D eigenvalue weighted by molar-refractivity contribution is 7.86. The van der Waals surface area contributed by atoms with E-state index in [9.17, 15) is 8.42 Å². The molecule has 2 aliphatic rings. The summed E-state index contributed by atoms with van der Waals surface area (Å²) in [5.74, 6) is 1.08. The Morgan fingerprint density at radius 2 is 1.93 bits per heavy atom. The fraction of sp³-hybridized carbons (Fsp3) is 1.00. The smallest absolute Gasteiger partial charge is 0.264 e. The summed E-state index contributed by atoms with van der Waals surface area (Å²) in [7, 11) is -3.28. The average Bonchev–Trinajstić information content (AvgIpc) is 2.36. The summed E-state index contributed by atoms with van der Waals surface area (Å²) in [6.45, 7) is 4.47. The van der Waals surface area contributed by atoms with E-state index in [-0.39, 0.29) is 11.5 Å². The number of hydrogen-bond acceptors (Lipinski definition) is 3. The van der Waals surface area contributed by atoms with Gasteiger partial charge in [-0.3, -0.25) is 4.18 Å². The first kappa shape index (κ1) is 10.4. The fourth-order valence-electron chi connectivity index (χ4n) is 3.29. The van der Waals surface area contributed by atoms with Gasteiger partial charge >= 0.3 is 0 Å². The van der Waals surface area contributed by atoms with Crippen LogP contribution in [0.4, 0.5) is 0 Å². The molecule has 0 aromatic rings. The molecule has 0 N–H and O–H groups in total. The first-order valence-electron chi connectivity index (χ1n) is 5.19. The lowest BCUT2D eigenvalue weighted by Crippen LogP contribution is -2.27. The Kier molecular flexibility index (Phi) is 2.20. The molecule has 3 unspecified atom stereocenters. The third-order valence-corrected chi connectivity index (χ3v) is 4.69. The van der Waals surface area contributed by atoms with Crippen molar-refractivity contribution in [2.45, 2.75) is 39.2 Å². The van der Waals surface area contributed by atoms with Crippen LogP contribution >= 0.6 is 0 Å². The minimum absolute atomic E-state index is 0.0567. The molecule has 0 saturated heterocycles. The van der Waals surface area contributed by atoms with Crippen LogP contribution < -0.4 is 0 Å². The van der Waals surface area contributed by atoms with Crippen LogP contribution in [0.5, 0.6) is 0 Å². The summed E-state index contributed by atoms with van der Waals surface area (Å²) < 4.78 is 27.2.